The lowest BCUT2D eigenvalue weighted by Gasteiger charge is -2.32. The average molecular weight is 318 g/mol. The number of rotatable bonds is 2. The number of benzene rings is 2. The molecule has 6 heteroatoms. The summed E-state index contributed by atoms with van der Waals surface area (Å²) in [4.78, 5) is 0. The summed E-state index contributed by atoms with van der Waals surface area (Å²) in [6, 6.07) is 6.24. The van der Waals surface area contributed by atoms with Gasteiger partial charge in [0.05, 0.1) is 13.2 Å². The number of methoxy groups -OCH3 is 1. The van der Waals surface area contributed by atoms with Gasteiger partial charge in [0.25, 0.3) is 0 Å². The van der Waals surface area contributed by atoms with Gasteiger partial charge in [-0.05, 0) is 36.8 Å². The standard InChI is InChI=1S/C17H18O6/c1-8-3-14(22-2)10-7-13(20)17(23-15(10)4-8)9-5-11(18)16(21)12(19)6-9/h3-6,13,17-21H,7H2,1-2H3. The van der Waals surface area contributed by atoms with Gasteiger partial charge in [-0.2, -0.15) is 0 Å². The number of hydrogen-bond acceptors (Lipinski definition) is 6. The normalized spacial score (nSPS) is 19.8. The minimum Gasteiger partial charge on any atom is -0.504 e. The minimum absolute atomic E-state index is 0.311. The van der Waals surface area contributed by atoms with Crippen molar-refractivity contribution in [2.75, 3.05) is 7.11 Å². The Morgan fingerprint density at radius 3 is 2.35 bits per heavy atom. The zero-order chi connectivity index (χ0) is 16.7. The van der Waals surface area contributed by atoms with Crippen LogP contribution >= 0.6 is 0 Å². The summed E-state index contributed by atoms with van der Waals surface area (Å²) in [6.45, 7) is 1.91. The minimum atomic E-state index is -0.887. The summed E-state index contributed by atoms with van der Waals surface area (Å²) in [6.07, 6.45) is -1.35. The van der Waals surface area contributed by atoms with Crippen LogP contribution in [0, 0.1) is 6.92 Å². The Morgan fingerprint density at radius 1 is 1.09 bits per heavy atom. The molecule has 3 rings (SSSR count). The number of phenolic OH excluding ortho intramolecular Hbond substituents is 3. The van der Waals surface area contributed by atoms with Gasteiger partial charge < -0.3 is 29.9 Å². The van der Waals surface area contributed by atoms with Crippen molar-refractivity contribution < 1.29 is 29.9 Å². The van der Waals surface area contributed by atoms with Gasteiger partial charge >= 0.3 is 0 Å². The molecule has 0 aromatic heterocycles. The second kappa shape index (κ2) is 5.55. The Bertz CT molecular complexity index is 732. The lowest BCUT2D eigenvalue weighted by Crippen LogP contribution is -2.30. The Balaban J connectivity index is 2.03. The molecule has 0 aliphatic carbocycles. The van der Waals surface area contributed by atoms with E-state index >= 15 is 0 Å². The largest absolute Gasteiger partial charge is 0.504 e. The van der Waals surface area contributed by atoms with E-state index in [1.807, 2.05) is 19.1 Å². The van der Waals surface area contributed by atoms with Crippen molar-refractivity contribution in [2.24, 2.45) is 0 Å². The van der Waals surface area contributed by atoms with Gasteiger partial charge in [0.1, 0.15) is 11.5 Å². The maximum atomic E-state index is 10.4. The molecule has 1 heterocycles. The lowest BCUT2D eigenvalue weighted by atomic mass is 9.93. The number of aromatic hydroxyl groups is 3. The van der Waals surface area contributed by atoms with Gasteiger partial charge in [-0.15, -0.1) is 0 Å². The first-order chi connectivity index (χ1) is 10.9. The third kappa shape index (κ3) is 2.61. The first kappa shape index (κ1) is 15.3. The molecule has 4 N–H and O–H groups in total. The van der Waals surface area contributed by atoms with E-state index in [9.17, 15) is 20.4 Å². The average Bonchev–Trinajstić information content (AvgIpc) is 2.51. The van der Waals surface area contributed by atoms with Gasteiger partial charge in [0.15, 0.2) is 23.4 Å². The summed E-state index contributed by atoms with van der Waals surface area (Å²) in [5, 5.41) is 39.1. The molecule has 0 radical (unpaired) electrons. The highest BCUT2D eigenvalue weighted by atomic mass is 16.5. The molecule has 23 heavy (non-hydrogen) atoms. The molecule has 1 aliphatic heterocycles. The van der Waals surface area contributed by atoms with E-state index in [0.29, 0.717) is 23.5 Å². The number of fused-ring (bicyclic) bond motifs is 1. The smallest absolute Gasteiger partial charge is 0.200 e. The van der Waals surface area contributed by atoms with E-state index in [4.69, 9.17) is 9.47 Å². The summed E-state index contributed by atoms with van der Waals surface area (Å²) >= 11 is 0. The zero-order valence-corrected chi connectivity index (χ0v) is 12.8. The Morgan fingerprint density at radius 2 is 1.74 bits per heavy atom. The molecule has 6 nitrogen and oxygen atoms in total. The van der Waals surface area contributed by atoms with Crippen LogP contribution in [0.25, 0.3) is 0 Å². The summed E-state index contributed by atoms with van der Waals surface area (Å²) in [5.74, 6) is -0.304. The molecule has 1 aliphatic rings. The van der Waals surface area contributed by atoms with Gasteiger partial charge in [-0.3, -0.25) is 0 Å². The predicted octanol–water partition coefficient (Wildman–Crippen LogP) is 2.16. The van der Waals surface area contributed by atoms with E-state index < -0.39 is 29.5 Å². The van der Waals surface area contributed by atoms with Crippen molar-refractivity contribution in [3.63, 3.8) is 0 Å². The fourth-order valence-corrected chi connectivity index (χ4v) is 2.85. The molecule has 122 valence electrons. The Hall–Kier alpha value is -2.60. The van der Waals surface area contributed by atoms with Crippen LogP contribution in [0.3, 0.4) is 0 Å². The number of phenols is 3. The monoisotopic (exact) mass is 318 g/mol. The van der Waals surface area contributed by atoms with Gasteiger partial charge in [-0.25, -0.2) is 0 Å². The fraction of sp³-hybridized carbons (Fsp3) is 0.294. The second-order valence-corrected chi connectivity index (χ2v) is 5.66. The summed E-state index contributed by atoms with van der Waals surface area (Å²) < 4.78 is 11.2. The number of hydrogen-bond donors (Lipinski definition) is 4. The van der Waals surface area contributed by atoms with E-state index in [1.54, 1.807) is 7.11 Å². The van der Waals surface area contributed by atoms with Crippen LogP contribution in [0.15, 0.2) is 24.3 Å². The van der Waals surface area contributed by atoms with Crippen molar-refractivity contribution in [3.8, 4) is 28.7 Å². The van der Waals surface area contributed by atoms with Crippen LogP contribution in [0.4, 0.5) is 0 Å². The van der Waals surface area contributed by atoms with Crippen LogP contribution in [-0.4, -0.2) is 33.6 Å². The van der Waals surface area contributed by atoms with Crippen LogP contribution in [-0.2, 0) is 6.42 Å². The number of aryl methyl sites for hydroxylation is 1. The van der Waals surface area contributed by atoms with E-state index in [2.05, 4.69) is 0 Å². The number of aliphatic hydroxyl groups is 1. The molecule has 0 saturated heterocycles. The van der Waals surface area contributed by atoms with Crippen LogP contribution in [0.5, 0.6) is 28.7 Å². The Labute approximate surface area is 133 Å². The molecular formula is C17H18O6. The number of aliphatic hydroxyl groups excluding tert-OH is 1. The molecule has 0 amide bonds. The topological polar surface area (TPSA) is 99.4 Å². The SMILES string of the molecule is COc1cc(C)cc2c1CC(O)C(c1cc(O)c(O)c(O)c1)O2. The van der Waals surface area contributed by atoms with Crippen molar-refractivity contribution in [1.29, 1.82) is 0 Å². The zero-order valence-electron chi connectivity index (χ0n) is 12.8. The molecule has 0 saturated carbocycles. The Kier molecular flexibility index (Phi) is 3.69. The molecule has 0 fully saturated rings. The van der Waals surface area contributed by atoms with E-state index in [1.165, 1.54) is 12.1 Å². The van der Waals surface area contributed by atoms with Gasteiger partial charge in [-0.1, -0.05) is 0 Å². The highest BCUT2D eigenvalue weighted by Crippen LogP contribution is 2.43. The van der Waals surface area contributed by atoms with Crippen molar-refractivity contribution in [3.05, 3.63) is 41.0 Å². The predicted molar refractivity (Wildman–Crippen MR) is 82.2 cm³/mol. The van der Waals surface area contributed by atoms with E-state index in [-0.39, 0.29) is 0 Å². The molecular weight excluding hydrogens is 300 g/mol. The summed E-state index contributed by atoms with van der Waals surface area (Å²) in [7, 11) is 1.56. The lowest BCUT2D eigenvalue weighted by molar-refractivity contribution is 0.0197. The highest BCUT2D eigenvalue weighted by molar-refractivity contribution is 5.54. The van der Waals surface area contributed by atoms with E-state index in [0.717, 1.165) is 11.1 Å². The first-order valence-electron chi connectivity index (χ1n) is 7.17. The molecule has 2 atom stereocenters. The first-order valence-corrected chi connectivity index (χ1v) is 7.17. The maximum absolute atomic E-state index is 10.4. The molecule has 0 spiro atoms. The fourth-order valence-electron chi connectivity index (χ4n) is 2.85. The molecule has 2 aromatic rings. The van der Waals surface area contributed by atoms with Crippen LogP contribution < -0.4 is 9.47 Å². The highest BCUT2D eigenvalue weighted by Gasteiger charge is 2.33. The maximum Gasteiger partial charge on any atom is 0.200 e. The van der Waals surface area contributed by atoms with Crippen LogP contribution in [0.1, 0.15) is 22.8 Å². The van der Waals surface area contributed by atoms with Gasteiger partial charge in [0.2, 0.25) is 0 Å². The van der Waals surface area contributed by atoms with Crippen molar-refractivity contribution >= 4 is 0 Å². The summed E-state index contributed by atoms with van der Waals surface area (Å²) in [5.41, 5.74) is 2.10. The van der Waals surface area contributed by atoms with Gasteiger partial charge in [0, 0.05) is 17.5 Å². The quantitative estimate of drug-likeness (QED) is 0.633. The molecule has 0 bridgehead atoms. The van der Waals surface area contributed by atoms with Crippen molar-refractivity contribution in [2.45, 2.75) is 25.6 Å². The second-order valence-electron chi connectivity index (χ2n) is 5.66. The van der Waals surface area contributed by atoms with Crippen molar-refractivity contribution in [1.82, 2.24) is 0 Å². The molecule has 2 unspecified atom stereocenters. The third-order valence-corrected chi connectivity index (χ3v) is 3.97. The molecule has 2 aromatic carbocycles. The van der Waals surface area contributed by atoms with Crippen LogP contribution in [0.2, 0.25) is 0 Å². The third-order valence-electron chi connectivity index (χ3n) is 3.97. The number of ether oxygens (including phenoxy) is 2.